The number of halogens is 1. The third-order valence-electron chi connectivity index (χ3n) is 3.49. The Kier molecular flexibility index (Phi) is 3.73. The molecule has 5 nitrogen and oxygen atoms in total. The molecule has 0 bridgehead atoms. The van der Waals surface area contributed by atoms with E-state index >= 15 is 0 Å². The smallest absolute Gasteiger partial charge is 0.225 e. The number of benzene rings is 1. The Morgan fingerprint density at radius 1 is 1.38 bits per heavy atom. The summed E-state index contributed by atoms with van der Waals surface area (Å²) < 4.78 is 25.0. The highest BCUT2D eigenvalue weighted by molar-refractivity contribution is 5.84. The van der Waals surface area contributed by atoms with Gasteiger partial charge in [-0.05, 0) is 24.6 Å². The van der Waals surface area contributed by atoms with Crippen molar-refractivity contribution in [1.29, 1.82) is 0 Å². The number of rotatable bonds is 3. The van der Waals surface area contributed by atoms with E-state index < -0.39 is 18.0 Å². The summed E-state index contributed by atoms with van der Waals surface area (Å²) in [5.74, 6) is 0.415. The first-order chi connectivity index (χ1) is 10.1. The van der Waals surface area contributed by atoms with E-state index in [2.05, 4.69) is 9.97 Å². The molecule has 21 heavy (non-hydrogen) atoms. The highest BCUT2D eigenvalue weighted by atomic mass is 19.1. The number of ether oxygens (including phenoxy) is 2. The number of hydrogen-bond donors (Lipinski definition) is 1. The molecule has 112 valence electrons. The Labute approximate surface area is 121 Å². The average molecular weight is 292 g/mol. The van der Waals surface area contributed by atoms with Crippen molar-refractivity contribution >= 4 is 10.9 Å². The van der Waals surface area contributed by atoms with Gasteiger partial charge in [-0.25, -0.2) is 9.37 Å². The molecule has 2 aromatic rings. The van der Waals surface area contributed by atoms with E-state index in [-0.39, 0.29) is 12.1 Å². The molecule has 6 heteroatoms. The molecule has 1 saturated heterocycles. The molecule has 0 spiro atoms. The summed E-state index contributed by atoms with van der Waals surface area (Å²) in [6.07, 6.45) is -0.616. The van der Waals surface area contributed by atoms with E-state index in [1.807, 2.05) is 6.92 Å². The topological polar surface area (TPSA) is 64.5 Å². The Balaban J connectivity index is 2.10. The molecule has 1 aromatic heterocycles. The molecule has 1 N–H and O–H groups in total. The third-order valence-corrected chi connectivity index (χ3v) is 3.49. The van der Waals surface area contributed by atoms with Crippen LogP contribution in [0.5, 0.6) is 5.88 Å². The van der Waals surface area contributed by atoms with E-state index in [0.717, 1.165) is 5.56 Å². The first-order valence-electron chi connectivity index (χ1n) is 6.97. The number of aryl methyl sites for hydroxylation is 2. The molecule has 0 amide bonds. The highest BCUT2D eigenvalue weighted by Crippen LogP contribution is 2.28. The van der Waals surface area contributed by atoms with E-state index in [9.17, 15) is 9.50 Å². The monoisotopic (exact) mass is 292 g/mol. The van der Waals surface area contributed by atoms with Crippen LogP contribution in [0.4, 0.5) is 4.39 Å². The Morgan fingerprint density at radius 3 is 2.86 bits per heavy atom. The van der Waals surface area contributed by atoms with Gasteiger partial charge in [0, 0.05) is 6.42 Å². The largest absolute Gasteiger partial charge is 0.468 e. The van der Waals surface area contributed by atoms with Gasteiger partial charge in [0.25, 0.3) is 0 Å². The minimum Gasteiger partial charge on any atom is -0.468 e. The van der Waals surface area contributed by atoms with Gasteiger partial charge in [0.2, 0.25) is 5.88 Å². The third kappa shape index (κ3) is 2.69. The summed E-state index contributed by atoms with van der Waals surface area (Å²) in [5, 5.41) is 10.3. The van der Waals surface area contributed by atoms with Gasteiger partial charge in [0.15, 0.2) is 6.10 Å². The van der Waals surface area contributed by atoms with Gasteiger partial charge in [-0.1, -0.05) is 6.92 Å². The van der Waals surface area contributed by atoms with Crippen molar-refractivity contribution in [1.82, 2.24) is 9.97 Å². The molecule has 2 heterocycles. The van der Waals surface area contributed by atoms with Crippen molar-refractivity contribution in [3.63, 3.8) is 0 Å². The zero-order chi connectivity index (χ0) is 15.0. The van der Waals surface area contributed by atoms with Gasteiger partial charge in [-0.2, -0.15) is 4.98 Å². The molecule has 0 aliphatic carbocycles. The molecular formula is C15H17FN2O3. The van der Waals surface area contributed by atoms with Crippen LogP contribution < -0.4 is 4.74 Å². The first kappa shape index (κ1) is 14.2. The number of aliphatic hydroxyl groups is 1. The van der Waals surface area contributed by atoms with Crippen LogP contribution >= 0.6 is 0 Å². The van der Waals surface area contributed by atoms with E-state index in [4.69, 9.17) is 9.47 Å². The Hall–Kier alpha value is -1.79. The fourth-order valence-corrected chi connectivity index (χ4v) is 2.37. The molecule has 2 atom stereocenters. The lowest BCUT2D eigenvalue weighted by molar-refractivity contribution is 0.0713. The summed E-state index contributed by atoms with van der Waals surface area (Å²) in [5.41, 5.74) is 1.01. The van der Waals surface area contributed by atoms with Crippen molar-refractivity contribution in [2.45, 2.75) is 32.5 Å². The highest BCUT2D eigenvalue weighted by Gasteiger charge is 2.29. The van der Waals surface area contributed by atoms with Crippen molar-refractivity contribution in [3.8, 4) is 5.88 Å². The van der Waals surface area contributed by atoms with E-state index in [1.165, 1.54) is 6.07 Å². The fraction of sp³-hybridized carbons (Fsp3) is 0.467. The Bertz CT molecular complexity index is 678. The number of aliphatic hydroxyl groups excluding tert-OH is 1. The van der Waals surface area contributed by atoms with Gasteiger partial charge in [-0.15, -0.1) is 0 Å². The summed E-state index contributed by atoms with van der Waals surface area (Å²) >= 11 is 0. The molecule has 0 saturated carbocycles. The lowest BCUT2D eigenvalue weighted by Gasteiger charge is -2.17. The second-order valence-electron chi connectivity index (χ2n) is 5.20. The average Bonchev–Trinajstić information content (AvgIpc) is 2.85. The van der Waals surface area contributed by atoms with Crippen LogP contribution in [0.2, 0.25) is 0 Å². The van der Waals surface area contributed by atoms with E-state index in [0.29, 0.717) is 30.1 Å². The van der Waals surface area contributed by atoms with Gasteiger partial charge in [-0.3, -0.25) is 0 Å². The van der Waals surface area contributed by atoms with Gasteiger partial charge in [0.05, 0.1) is 18.6 Å². The molecule has 0 unspecified atom stereocenters. The zero-order valence-electron chi connectivity index (χ0n) is 12.0. The summed E-state index contributed by atoms with van der Waals surface area (Å²) in [6.45, 7) is 4.22. The lowest BCUT2D eigenvalue weighted by atomic mass is 10.1. The number of fused-ring (bicyclic) bond motifs is 1. The second-order valence-corrected chi connectivity index (χ2v) is 5.20. The van der Waals surface area contributed by atoms with Gasteiger partial charge < -0.3 is 14.6 Å². The van der Waals surface area contributed by atoms with Gasteiger partial charge in [0.1, 0.15) is 23.3 Å². The predicted octanol–water partition coefficient (Wildman–Crippen LogP) is 1.78. The first-order valence-corrected chi connectivity index (χ1v) is 6.97. The lowest BCUT2D eigenvalue weighted by Crippen LogP contribution is -2.30. The number of aromatic nitrogens is 2. The van der Waals surface area contributed by atoms with Crippen molar-refractivity contribution < 1.29 is 19.0 Å². The number of hydrogen-bond acceptors (Lipinski definition) is 5. The van der Waals surface area contributed by atoms with Crippen LogP contribution in [-0.4, -0.2) is 40.5 Å². The van der Waals surface area contributed by atoms with Crippen LogP contribution in [-0.2, 0) is 11.2 Å². The summed E-state index contributed by atoms with van der Waals surface area (Å²) in [4.78, 5) is 8.56. The normalized spacial score (nSPS) is 21.9. The standard InChI is InChI=1S/C15H17FN2O3/c1-3-13-17-14-9(4-8(2)5-10(14)16)15(18-13)21-12-7-20-6-11(12)19/h4-5,11-12,19H,3,6-7H2,1-2H3/t11-,12-/m1/s1. The van der Waals surface area contributed by atoms with Crippen LogP contribution in [0.1, 0.15) is 18.3 Å². The molecule has 1 aliphatic heterocycles. The molecule has 1 aliphatic rings. The maximum absolute atomic E-state index is 14.1. The van der Waals surface area contributed by atoms with Crippen molar-refractivity contribution in [2.24, 2.45) is 0 Å². The molecule has 0 radical (unpaired) electrons. The maximum atomic E-state index is 14.1. The molecule has 1 fully saturated rings. The SMILES string of the molecule is CCc1nc(O[C@@H]2COC[C@H]2O)c2cc(C)cc(F)c2n1. The van der Waals surface area contributed by atoms with Crippen LogP contribution in [0, 0.1) is 12.7 Å². The fourth-order valence-electron chi connectivity index (χ4n) is 2.37. The quantitative estimate of drug-likeness (QED) is 0.934. The van der Waals surface area contributed by atoms with Crippen LogP contribution in [0.3, 0.4) is 0 Å². The Morgan fingerprint density at radius 2 is 2.19 bits per heavy atom. The minimum atomic E-state index is -0.699. The van der Waals surface area contributed by atoms with Gasteiger partial charge >= 0.3 is 0 Å². The molecule has 3 rings (SSSR count). The number of nitrogens with zero attached hydrogens (tertiary/aromatic N) is 2. The minimum absolute atomic E-state index is 0.238. The van der Waals surface area contributed by atoms with Crippen LogP contribution in [0.15, 0.2) is 12.1 Å². The zero-order valence-corrected chi connectivity index (χ0v) is 12.0. The molecular weight excluding hydrogens is 275 g/mol. The predicted molar refractivity (Wildman–Crippen MR) is 74.9 cm³/mol. The van der Waals surface area contributed by atoms with E-state index in [1.54, 1.807) is 13.0 Å². The summed E-state index contributed by atoms with van der Waals surface area (Å²) in [7, 11) is 0. The maximum Gasteiger partial charge on any atom is 0.225 e. The van der Waals surface area contributed by atoms with Crippen molar-refractivity contribution in [3.05, 3.63) is 29.3 Å². The molecule has 1 aromatic carbocycles. The summed E-state index contributed by atoms with van der Waals surface area (Å²) in [6, 6.07) is 3.22. The second kappa shape index (κ2) is 5.54. The van der Waals surface area contributed by atoms with Crippen LogP contribution in [0.25, 0.3) is 10.9 Å². The van der Waals surface area contributed by atoms with Crippen molar-refractivity contribution in [2.75, 3.05) is 13.2 Å².